The van der Waals surface area contributed by atoms with Gasteiger partial charge in [-0.25, -0.2) is 0 Å². The molecule has 2 aromatic heterocycles. The van der Waals surface area contributed by atoms with Crippen LogP contribution in [0.25, 0.3) is 0 Å². The van der Waals surface area contributed by atoms with Crippen molar-refractivity contribution in [2.24, 2.45) is 0 Å². The predicted octanol–water partition coefficient (Wildman–Crippen LogP) is 1.23. The Kier molecular flexibility index (Phi) is 3.20. The summed E-state index contributed by atoms with van der Waals surface area (Å²) in [6.45, 7) is 5.79. The Labute approximate surface area is 123 Å². The molecule has 4 rings (SSSR count). The SMILES string of the molecule is Cc1nc(CN2CC3CC2CN3Cc2ccccn2)no1. The summed E-state index contributed by atoms with van der Waals surface area (Å²) < 4.78 is 5.05. The van der Waals surface area contributed by atoms with Gasteiger partial charge in [-0.15, -0.1) is 0 Å². The van der Waals surface area contributed by atoms with E-state index in [0.29, 0.717) is 18.0 Å². The Morgan fingerprint density at radius 2 is 2.00 bits per heavy atom. The monoisotopic (exact) mass is 285 g/mol. The van der Waals surface area contributed by atoms with E-state index in [1.807, 2.05) is 19.2 Å². The molecule has 2 atom stereocenters. The minimum absolute atomic E-state index is 0.609. The summed E-state index contributed by atoms with van der Waals surface area (Å²) in [4.78, 5) is 13.8. The van der Waals surface area contributed by atoms with E-state index in [0.717, 1.165) is 37.7 Å². The molecule has 2 saturated heterocycles. The number of pyridine rings is 1. The molecule has 2 aliphatic rings. The van der Waals surface area contributed by atoms with Crippen molar-refractivity contribution in [2.75, 3.05) is 13.1 Å². The van der Waals surface area contributed by atoms with Crippen LogP contribution in [0.1, 0.15) is 23.8 Å². The van der Waals surface area contributed by atoms with E-state index in [4.69, 9.17) is 4.52 Å². The number of hydrogen-bond acceptors (Lipinski definition) is 6. The maximum Gasteiger partial charge on any atom is 0.223 e. The summed E-state index contributed by atoms with van der Waals surface area (Å²) >= 11 is 0. The van der Waals surface area contributed by atoms with Crippen LogP contribution in [0.4, 0.5) is 0 Å². The molecule has 6 heteroatoms. The molecule has 0 N–H and O–H groups in total. The van der Waals surface area contributed by atoms with Crippen LogP contribution in [0.15, 0.2) is 28.9 Å². The van der Waals surface area contributed by atoms with Crippen LogP contribution in [0.5, 0.6) is 0 Å². The quantitative estimate of drug-likeness (QED) is 0.842. The van der Waals surface area contributed by atoms with Crippen LogP contribution in [-0.2, 0) is 13.1 Å². The average molecular weight is 285 g/mol. The van der Waals surface area contributed by atoms with Gasteiger partial charge in [0.25, 0.3) is 0 Å². The van der Waals surface area contributed by atoms with Gasteiger partial charge in [0.2, 0.25) is 5.89 Å². The Morgan fingerprint density at radius 3 is 2.62 bits per heavy atom. The van der Waals surface area contributed by atoms with Crippen molar-refractivity contribution in [1.29, 1.82) is 0 Å². The van der Waals surface area contributed by atoms with E-state index in [1.54, 1.807) is 0 Å². The average Bonchev–Trinajstić information content (AvgIpc) is 3.17. The third kappa shape index (κ3) is 2.56. The van der Waals surface area contributed by atoms with E-state index in [-0.39, 0.29) is 0 Å². The molecule has 110 valence electrons. The van der Waals surface area contributed by atoms with E-state index in [9.17, 15) is 0 Å². The zero-order valence-electron chi connectivity index (χ0n) is 12.1. The van der Waals surface area contributed by atoms with Crippen molar-refractivity contribution in [3.8, 4) is 0 Å². The molecule has 2 aliphatic heterocycles. The van der Waals surface area contributed by atoms with Gasteiger partial charge >= 0.3 is 0 Å². The fraction of sp³-hybridized carbons (Fsp3) is 0.533. The number of fused-ring (bicyclic) bond motifs is 2. The molecule has 2 unspecified atom stereocenters. The van der Waals surface area contributed by atoms with Crippen molar-refractivity contribution in [3.63, 3.8) is 0 Å². The number of hydrogen-bond donors (Lipinski definition) is 0. The largest absolute Gasteiger partial charge is 0.340 e. The molecule has 0 aliphatic carbocycles. The Bertz CT molecular complexity index is 614. The minimum Gasteiger partial charge on any atom is -0.340 e. The maximum absolute atomic E-state index is 5.05. The van der Waals surface area contributed by atoms with Gasteiger partial charge in [0.1, 0.15) is 0 Å². The fourth-order valence-electron chi connectivity index (χ4n) is 3.51. The third-order valence-corrected chi connectivity index (χ3v) is 4.47. The first kappa shape index (κ1) is 12.9. The Balaban J connectivity index is 1.37. The van der Waals surface area contributed by atoms with Crippen LogP contribution in [-0.4, -0.2) is 50.1 Å². The first-order valence-corrected chi connectivity index (χ1v) is 7.45. The van der Waals surface area contributed by atoms with Gasteiger partial charge in [-0.1, -0.05) is 11.2 Å². The van der Waals surface area contributed by atoms with Crippen molar-refractivity contribution in [2.45, 2.75) is 38.5 Å². The fourth-order valence-corrected chi connectivity index (χ4v) is 3.51. The number of rotatable bonds is 4. The number of likely N-dealkylation sites (tertiary alicyclic amines) is 2. The molecule has 0 aromatic carbocycles. The number of piperazine rings is 1. The van der Waals surface area contributed by atoms with Crippen LogP contribution >= 0.6 is 0 Å². The highest BCUT2D eigenvalue weighted by atomic mass is 16.5. The summed E-state index contributed by atoms with van der Waals surface area (Å²) in [5, 5.41) is 4.00. The van der Waals surface area contributed by atoms with Crippen molar-refractivity contribution < 1.29 is 4.52 Å². The second-order valence-corrected chi connectivity index (χ2v) is 5.95. The third-order valence-electron chi connectivity index (χ3n) is 4.47. The molecular formula is C15H19N5O. The molecule has 0 radical (unpaired) electrons. The maximum atomic E-state index is 5.05. The van der Waals surface area contributed by atoms with Gasteiger partial charge in [-0.05, 0) is 18.6 Å². The number of nitrogens with zero attached hydrogens (tertiary/aromatic N) is 5. The molecule has 0 saturated carbocycles. The van der Waals surface area contributed by atoms with Crippen LogP contribution in [0.3, 0.4) is 0 Å². The Morgan fingerprint density at radius 1 is 1.19 bits per heavy atom. The lowest BCUT2D eigenvalue weighted by molar-refractivity contribution is 0.114. The highest BCUT2D eigenvalue weighted by Gasteiger charge is 2.43. The highest BCUT2D eigenvalue weighted by molar-refractivity contribution is 5.07. The molecule has 6 nitrogen and oxygen atoms in total. The summed E-state index contributed by atoms with van der Waals surface area (Å²) in [5.74, 6) is 1.45. The highest BCUT2D eigenvalue weighted by Crippen LogP contribution is 2.32. The van der Waals surface area contributed by atoms with E-state index in [2.05, 4.69) is 37.1 Å². The first-order chi connectivity index (χ1) is 10.3. The van der Waals surface area contributed by atoms with Gasteiger partial charge in [-0.3, -0.25) is 14.8 Å². The topological polar surface area (TPSA) is 58.3 Å². The van der Waals surface area contributed by atoms with Gasteiger partial charge in [0.05, 0.1) is 12.2 Å². The van der Waals surface area contributed by atoms with Crippen LogP contribution in [0, 0.1) is 6.92 Å². The summed E-state index contributed by atoms with van der Waals surface area (Å²) in [5.41, 5.74) is 1.16. The molecule has 4 heterocycles. The van der Waals surface area contributed by atoms with E-state index in [1.165, 1.54) is 6.42 Å². The second-order valence-electron chi connectivity index (χ2n) is 5.95. The molecule has 0 amide bonds. The number of aryl methyl sites for hydroxylation is 1. The minimum atomic E-state index is 0.609. The van der Waals surface area contributed by atoms with Gasteiger partial charge < -0.3 is 4.52 Å². The van der Waals surface area contributed by atoms with Gasteiger partial charge in [0, 0.05) is 44.8 Å². The van der Waals surface area contributed by atoms with Crippen LogP contribution in [0.2, 0.25) is 0 Å². The molecule has 2 fully saturated rings. The molecular weight excluding hydrogens is 266 g/mol. The zero-order valence-corrected chi connectivity index (χ0v) is 12.1. The standard InChI is InChI=1S/C15H19N5O/c1-11-17-15(18-21-11)10-20-9-13-6-14(20)8-19(13)7-12-4-2-3-5-16-12/h2-5,13-14H,6-10H2,1H3. The van der Waals surface area contributed by atoms with E-state index < -0.39 is 0 Å². The molecule has 0 spiro atoms. The second kappa shape index (κ2) is 5.20. The van der Waals surface area contributed by atoms with Crippen molar-refractivity contribution >= 4 is 0 Å². The van der Waals surface area contributed by atoms with Gasteiger partial charge in [0.15, 0.2) is 5.82 Å². The first-order valence-electron chi connectivity index (χ1n) is 7.45. The normalized spacial score (nSPS) is 25.8. The zero-order chi connectivity index (χ0) is 14.2. The summed E-state index contributed by atoms with van der Waals surface area (Å²) in [6.07, 6.45) is 3.11. The molecule has 21 heavy (non-hydrogen) atoms. The van der Waals surface area contributed by atoms with E-state index >= 15 is 0 Å². The van der Waals surface area contributed by atoms with Crippen molar-refractivity contribution in [3.05, 3.63) is 41.8 Å². The molecule has 2 aromatic rings. The molecule has 2 bridgehead atoms. The lowest BCUT2D eigenvalue weighted by Gasteiger charge is -2.33. The lowest BCUT2D eigenvalue weighted by atomic mass is 10.2. The summed E-state index contributed by atoms with van der Waals surface area (Å²) in [7, 11) is 0. The smallest absolute Gasteiger partial charge is 0.223 e. The van der Waals surface area contributed by atoms with Crippen molar-refractivity contribution in [1.82, 2.24) is 24.9 Å². The lowest BCUT2D eigenvalue weighted by Crippen LogP contribution is -2.45. The predicted molar refractivity (Wildman–Crippen MR) is 76.3 cm³/mol. The van der Waals surface area contributed by atoms with Crippen LogP contribution < -0.4 is 0 Å². The number of aromatic nitrogens is 3. The van der Waals surface area contributed by atoms with Gasteiger partial charge in [-0.2, -0.15) is 4.98 Å². The Hall–Kier alpha value is -1.79. The summed E-state index contributed by atoms with van der Waals surface area (Å²) in [6, 6.07) is 7.37.